The maximum atomic E-state index is 6.41. The summed E-state index contributed by atoms with van der Waals surface area (Å²) >= 11 is 6.41. The van der Waals surface area contributed by atoms with E-state index < -0.39 is 0 Å². The molecule has 2 aliphatic heterocycles. The number of benzene rings is 2. The van der Waals surface area contributed by atoms with Crippen molar-refractivity contribution in [2.45, 2.75) is 19.4 Å². The van der Waals surface area contributed by atoms with Gasteiger partial charge in [0.2, 0.25) is 0 Å². The Morgan fingerprint density at radius 2 is 1.88 bits per heavy atom. The highest BCUT2D eigenvalue weighted by Crippen LogP contribution is 2.49. The van der Waals surface area contributed by atoms with Gasteiger partial charge in [0, 0.05) is 30.3 Å². The number of hydrogen-bond acceptors (Lipinski definition) is 3. The van der Waals surface area contributed by atoms with Crippen LogP contribution in [0.4, 0.5) is 17.1 Å². The third kappa shape index (κ3) is 3.44. The Morgan fingerprint density at radius 3 is 2.60 bits per heavy atom. The van der Waals surface area contributed by atoms with Crippen molar-refractivity contribution in [3.8, 4) is 0 Å². The number of nitrogens with one attached hydrogen (secondary N) is 1. The van der Waals surface area contributed by atoms with Crippen LogP contribution in [0.25, 0.3) is 0 Å². The number of para-hydroxylation sites is 2. The summed E-state index contributed by atoms with van der Waals surface area (Å²) in [6.07, 6.45) is 1.07. The van der Waals surface area contributed by atoms with Crippen molar-refractivity contribution in [2.24, 2.45) is 0 Å². The van der Waals surface area contributed by atoms with E-state index in [-0.39, 0.29) is 34.0 Å². The lowest BCUT2D eigenvalue weighted by Crippen LogP contribution is -2.33. The van der Waals surface area contributed by atoms with Gasteiger partial charge in [-0.05, 0) is 55.8 Å². The first-order valence-corrected chi connectivity index (χ1v) is 8.68. The van der Waals surface area contributed by atoms with E-state index in [2.05, 4.69) is 58.4 Å². The molecule has 1 N–H and O–H groups in total. The van der Waals surface area contributed by atoms with E-state index in [0.29, 0.717) is 6.04 Å². The number of fused-ring (bicyclic) bond motifs is 2. The lowest BCUT2D eigenvalue weighted by Gasteiger charge is -2.31. The van der Waals surface area contributed by atoms with Crippen LogP contribution in [-0.2, 0) is 6.42 Å². The summed E-state index contributed by atoms with van der Waals surface area (Å²) in [5.41, 5.74) is 6.73. The highest BCUT2D eigenvalue weighted by molar-refractivity contribution is 8.93. The van der Waals surface area contributed by atoms with Gasteiger partial charge in [0.15, 0.2) is 0 Å². The second-order valence-electron chi connectivity index (χ2n) is 6.37. The normalized spacial score (nSPS) is 17.2. The molecule has 3 nitrogen and oxygen atoms in total. The molecule has 0 fully saturated rings. The molecule has 0 amide bonds. The number of hydrogen-bond donors (Lipinski definition) is 1. The van der Waals surface area contributed by atoms with Crippen LogP contribution in [0, 0.1) is 0 Å². The molecule has 0 saturated carbocycles. The summed E-state index contributed by atoms with van der Waals surface area (Å²) in [5, 5.41) is 4.13. The standard InChI is InChI=1S/C19H22ClN3.2BrH/c1-13-16-12-15(20)11-14-7-9-23(19(14)16)18-6-4-3-5-17(18)22(13)10-8-21-2;;/h3-6,11-13,21H,7-10H2,1-2H3;2*1H. The Morgan fingerprint density at radius 1 is 1.16 bits per heavy atom. The third-order valence-corrected chi connectivity index (χ3v) is 5.28. The van der Waals surface area contributed by atoms with Crippen molar-refractivity contribution >= 4 is 62.6 Å². The van der Waals surface area contributed by atoms with Crippen molar-refractivity contribution in [2.75, 3.05) is 36.5 Å². The zero-order chi connectivity index (χ0) is 16.0. The van der Waals surface area contributed by atoms with Crippen molar-refractivity contribution < 1.29 is 0 Å². The van der Waals surface area contributed by atoms with Crippen LogP contribution in [0.2, 0.25) is 5.02 Å². The molecule has 1 atom stereocenters. The molecule has 1 unspecified atom stereocenters. The molecule has 0 aromatic heterocycles. The quantitative estimate of drug-likeness (QED) is 0.632. The largest absolute Gasteiger partial charge is 0.362 e. The zero-order valence-electron chi connectivity index (χ0n) is 14.5. The SMILES string of the molecule is Br.Br.CNCCN1c2ccccc2N2CCc3cc(Cl)cc(c32)C1C. The first kappa shape index (κ1) is 20.6. The highest BCUT2D eigenvalue weighted by atomic mass is 79.9. The Labute approximate surface area is 175 Å². The van der Waals surface area contributed by atoms with E-state index in [1.165, 1.54) is 28.2 Å². The Balaban J connectivity index is 0.00000113. The predicted molar refractivity (Wildman–Crippen MR) is 119 cm³/mol. The molecular weight excluding hydrogens is 465 g/mol. The lowest BCUT2D eigenvalue weighted by atomic mass is 10.0. The number of halogens is 3. The molecular formula is C19H24Br2ClN3. The fourth-order valence-electron chi connectivity index (χ4n) is 3.96. The Hall–Kier alpha value is -0.750. The monoisotopic (exact) mass is 487 g/mol. The molecule has 2 aliphatic rings. The van der Waals surface area contributed by atoms with Crippen LogP contribution in [-0.4, -0.2) is 26.7 Å². The number of likely N-dealkylation sites (N-methyl/N-ethyl adjacent to an activating group) is 1. The Bertz CT molecular complexity index is 753. The molecule has 0 aliphatic carbocycles. The van der Waals surface area contributed by atoms with E-state index >= 15 is 0 Å². The van der Waals surface area contributed by atoms with Gasteiger partial charge in [-0.2, -0.15) is 0 Å². The van der Waals surface area contributed by atoms with Crippen LogP contribution in [0.1, 0.15) is 24.1 Å². The van der Waals surface area contributed by atoms with Gasteiger partial charge in [-0.1, -0.05) is 23.7 Å². The van der Waals surface area contributed by atoms with Gasteiger partial charge in [-0.25, -0.2) is 0 Å². The molecule has 2 aromatic carbocycles. The summed E-state index contributed by atoms with van der Waals surface area (Å²) in [7, 11) is 2.01. The third-order valence-electron chi connectivity index (χ3n) is 5.06. The lowest BCUT2D eigenvalue weighted by molar-refractivity contribution is 0.647. The van der Waals surface area contributed by atoms with Crippen molar-refractivity contribution in [1.29, 1.82) is 0 Å². The molecule has 6 heteroatoms. The highest BCUT2D eigenvalue weighted by Gasteiger charge is 2.34. The van der Waals surface area contributed by atoms with Crippen LogP contribution in [0.15, 0.2) is 36.4 Å². The fraction of sp³-hybridized carbons (Fsp3) is 0.368. The van der Waals surface area contributed by atoms with Gasteiger partial charge < -0.3 is 15.1 Å². The molecule has 0 saturated heterocycles. The Kier molecular flexibility index (Phi) is 6.82. The van der Waals surface area contributed by atoms with Gasteiger partial charge in [0.05, 0.1) is 17.4 Å². The topological polar surface area (TPSA) is 18.5 Å². The minimum Gasteiger partial charge on any atom is -0.362 e. The van der Waals surface area contributed by atoms with Gasteiger partial charge in [0.25, 0.3) is 0 Å². The van der Waals surface area contributed by atoms with Crippen LogP contribution >= 0.6 is 45.6 Å². The van der Waals surface area contributed by atoms with Gasteiger partial charge >= 0.3 is 0 Å². The van der Waals surface area contributed by atoms with Gasteiger partial charge in [-0.3, -0.25) is 0 Å². The summed E-state index contributed by atoms with van der Waals surface area (Å²) in [5.74, 6) is 0. The van der Waals surface area contributed by atoms with Crippen molar-refractivity contribution in [3.05, 3.63) is 52.5 Å². The number of anilines is 3. The van der Waals surface area contributed by atoms with E-state index in [9.17, 15) is 0 Å². The number of nitrogens with zero attached hydrogens (tertiary/aromatic N) is 2. The predicted octanol–water partition coefficient (Wildman–Crippen LogP) is 5.29. The first-order chi connectivity index (χ1) is 11.2. The minimum atomic E-state index is 0. The molecule has 2 heterocycles. The van der Waals surface area contributed by atoms with Crippen molar-refractivity contribution in [3.63, 3.8) is 0 Å². The average Bonchev–Trinajstić information content (AvgIpc) is 2.94. The van der Waals surface area contributed by atoms with Gasteiger partial charge in [0.1, 0.15) is 0 Å². The fourth-order valence-corrected chi connectivity index (χ4v) is 4.21. The van der Waals surface area contributed by atoms with E-state index in [1.807, 2.05) is 7.05 Å². The van der Waals surface area contributed by atoms with E-state index in [1.54, 1.807) is 0 Å². The van der Waals surface area contributed by atoms with E-state index in [0.717, 1.165) is 31.1 Å². The van der Waals surface area contributed by atoms with E-state index in [4.69, 9.17) is 11.6 Å². The van der Waals surface area contributed by atoms with Crippen molar-refractivity contribution in [1.82, 2.24) is 5.32 Å². The molecule has 0 spiro atoms. The number of rotatable bonds is 3. The molecule has 0 radical (unpaired) electrons. The maximum absolute atomic E-state index is 6.41. The summed E-state index contributed by atoms with van der Waals surface area (Å²) in [4.78, 5) is 4.97. The maximum Gasteiger partial charge on any atom is 0.0649 e. The summed E-state index contributed by atoms with van der Waals surface area (Å²) in [6.45, 7) is 5.26. The van der Waals surface area contributed by atoms with Crippen LogP contribution in [0.5, 0.6) is 0 Å². The first-order valence-electron chi connectivity index (χ1n) is 8.31. The van der Waals surface area contributed by atoms with Gasteiger partial charge in [-0.15, -0.1) is 34.0 Å². The average molecular weight is 490 g/mol. The molecule has 0 bridgehead atoms. The zero-order valence-corrected chi connectivity index (χ0v) is 18.6. The summed E-state index contributed by atoms with van der Waals surface area (Å²) < 4.78 is 0. The minimum absolute atomic E-state index is 0. The summed E-state index contributed by atoms with van der Waals surface area (Å²) in [6, 6.07) is 13.4. The molecule has 2 aromatic rings. The molecule has 4 rings (SSSR count). The van der Waals surface area contributed by atoms with Crippen LogP contribution in [0.3, 0.4) is 0 Å². The second kappa shape index (κ2) is 8.30. The smallest absolute Gasteiger partial charge is 0.0649 e. The molecule has 136 valence electrons. The van der Waals surface area contributed by atoms with Crippen LogP contribution < -0.4 is 15.1 Å². The second-order valence-corrected chi connectivity index (χ2v) is 6.80. The molecule has 25 heavy (non-hydrogen) atoms.